The second kappa shape index (κ2) is 8.12. The minimum Gasteiger partial charge on any atom is -0.462 e. The lowest BCUT2D eigenvalue weighted by atomic mass is 9.81. The van der Waals surface area contributed by atoms with Crippen LogP contribution in [0.2, 0.25) is 0 Å². The van der Waals surface area contributed by atoms with Crippen LogP contribution in [0.3, 0.4) is 0 Å². The normalized spacial score (nSPS) is 20.1. The molecule has 2 aliphatic heterocycles. The molecular weight excluding hydrogens is 272 g/mol. The highest BCUT2D eigenvalue weighted by atomic mass is 16.5. The van der Waals surface area contributed by atoms with Crippen molar-refractivity contribution in [2.24, 2.45) is 0 Å². The zero-order chi connectivity index (χ0) is 16.7. The predicted octanol–water partition coefficient (Wildman–Crippen LogP) is 1.13. The Kier molecular flexibility index (Phi) is 7.57. The van der Waals surface area contributed by atoms with Crippen molar-refractivity contribution in [3.63, 3.8) is 0 Å². The lowest BCUT2D eigenvalue weighted by Gasteiger charge is -2.50. The number of nitrogens with one attached hydrogen (secondary N) is 1. The number of Topliss-reactive ketones (excluding diaryl/α,β-unsaturated/α-hetero) is 1. The molecule has 21 heavy (non-hydrogen) atoms. The van der Waals surface area contributed by atoms with Crippen LogP contribution in [0, 0.1) is 0 Å². The number of carbonyl (C=O) groups is 3. The van der Waals surface area contributed by atoms with E-state index in [1.54, 1.807) is 0 Å². The number of likely N-dealkylation sites (tertiary alicyclic amines) is 1. The first-order chi connectivity index (χ1) is 9.66. The van der Waals surface area contributed by atoms with Gasteiger partial charge >= 0.3 is 0 Å². The summed E-state index contributed by atoms with van der Waals surface area (Å²) in [5.41, 5.74) is -0.525. The van der Waals surface area contributed by atoms with Gasteiger partial charge in [-0.05, 0) is 27.8 Å². The number of nitrogens with zero attached hydrogens (tertiary/aromatic N) is 1. The monoisotopic (exact) mass is 300 g/mol. The molecule has 1 N–H and O–H groups in total. The SMILES string of the molecule is CC.CC(C)(C)OC=O.CN1CC2(CC(=O)CC(=O)N2)C1. The van der Waals surface area contributed by atoms with Crippen molar-refractivity contribution in [1.82, 2.24) is 10.2 Å². The summed E-state index contributed by atoms with van der Waals surface area (Å²) in [5, 5.41) is 2.89. The average molecular weight is 300 g/mol. The predicted molar refractivity (Wildman–Crippen MR) is 80.9 cm³/mol. The Morgan fingerprint density at radius 1 is 1.24 bits per heavy atom. The van der Waals surface area contributed by atoms with Crippen molar-refractivity contribution >= 4 is 18.2 Å². The van der Waals surface area contributed by atoms with Gasteiger partial charge in [-0.1, -0.05) is 13.8 Å². The lowest BCUT2D eigenvalue weighted by molar-refractivity contribution is -0.139. The molecule has 2 rings (SSSR count). The number of carbonyl (C=O) groups excluding carboxylic acids is 3. The number of hydrogen-bond donors (Lipinski definition) is 1. The van der Waals surface area contributed by atoms with Crippen LogP contribution in [-0.4, -0.2) is 54.3 Å². The maximum Gasteiger partial charge on any atom is 0.293 e. The summed E-state index contributed by atoms with van der Waals surface area (Å²) in [6, 6.07) is 0. The van der Waals surface area contributed by atoms with E-state index in [0.717, 1.165) is 13.1 Å². The van der Waals surface area contributed by atoms with Crippen molar-refractivity contribution in [2.75, 3.05) is 20.1 Å². The maximum atomic E-state index is 11.1. The molecule has 1 spiro atoms. The van der Waals surface area contributed by atoms with E-state index in [0.29, 0.717) is 12.9 Å². The molecule has 0 aromatic carbocycles. The van der Waals surface area contributed by atoms with Crippen LogP contribution in [0.5, 0.6) is 0 Å². The molecule has 6 nitrogen and oxygen atoms in total. The molecule has 2 saturated heterocycles. The Balaban J connectivity index is 0.000000385. The number of ether oxygens (including phenoxy) is 1. The van der Waals surface area contributed by atoms with Crippen LogP contribution in [0.4, 0.5) is 0 Å². The molecule has 0 radical (unpaired) electrons. The largest absolute Gasteiger partial charge is 0.462 e. The summed E-state index contributed by atoms with van der Waals surface area (Å²) < 4.78 is 4.55. The molecule has 0 aromatic rings. The summed E-state index contributed by atoms with van der Waals surface area (Å²) in [6.45, 7) is 11.5. The number of hydrogen-bond acceptors (Lipinski definition) is 5. The van der Waals surface area contributed by atoms with Crippen molar-refractivity contribution < 1.29 is 19.1 Å². The van der Waals surface area contributed by atoms with E-state index in [4.69, 9.17) is 0 Å². The van der Waals surface area contributed by atoms with E-state index in [-0.39, 0.29) is 29.3 Å². The van der Waals surface area contributed by atoms with Crippen LogP contribution in [0.25, 0.3) is 0 Å². The van der Waals surface area contributed by atoms with Gasteiger partial charge in [0, 0.05) is 19.5 Å². The quantitative estimate of drug-likeness (QED) is 0.580. The highest BCUT2D eigenvalue weighted by Gasteiger charge is 2.46. The van der Waals surface area contributed by atoms with Crippen molar-refractivity contribution in [3.05, 3.63) is 0 Å². The first kappa shape index (κ1) is 19.6. The summed E-state index contributed by atoms with van der Waals surface area (Å²) in [5.74, 6) is -0.0359. The average Bonchev–Trinajstić information content (AvgIpc) is 2.27. The van der Waals surface area contributed by atoms with Crippen LogP contribution in [0.15, 0.2) is 0 Å². The molecule has 0 bridgehead atoms. The van der Waals surface area contributed by atoms with Gasteiger partial charge in [0.2, 0.25) is 5.91 Å². The molecule has 0 unspecified atom stereocenters. The minimum atomic E-state index is -0.318. The van der Waals surface area contributed by atoms with Crippen LogP contribution >= 0.6 is 0 Å². The highest BCUT2D eigenvalue weighted by Crippen LogP contribution is 2.26. The Hall–Kier alpha value is -1.43. The third-order valence-corrected chi connectivity index (χ3v) is 2.84. The Morgan fingerprint density at radius 2 is 1.76 bits per heavy atom. The standard InChI is InChI=1S/C8H12N2O2.C5H10O2.C2H6/c1-10-4-8(5-10)3-6(11)2-7(12)9-8;1-5(2,3)7-4-6;1-2/h2-5H2,1H3,(H,9,12);4H,1-3H3;1-2H3. The molecule has 2 aliphatic rings. The van der Waals surface area contributed by atoms with Crippen LogP contribution in [-0.2, 0) is 19.1 Å². The van der Waals surface area contributed by atoms with E-state index in [2.05, 4.69) is 15.0 Å². The number of amides is 1. The van der Waals surface area contributed by atoms with E-state index >= 15 is 0 Å². The fourth-order valence-electron chi connectivity index (χ4n) is 2.33. The third-order valence-electron chi connectivity index (χ3n) is 2.84. The molecular formula is C15H28N2O4. The van der Waals surface area contributed by atoms with Gasteiger partial charge in [-0.3, -0.25) is 14.4 Å². The zero-order valence-electron chi connectivity index (χ0n) is 14.0. The van der Waals surface area contributed by atoms with Gasteiger partial charge < -0.3 is 15.0 Å². The third kappa shape index (κ3) is 7.22. The van der Waals surface area contributed by atoms with Crippen molar-refractivity contribution in [3.8, 4) is 0 Å². The number of ketones is 1. The van der Waals surface area contributed by atoms with Gasteiger partial charge in [0.25, 0.3) is 6.47 Å². The van der Waals surface area contributed by atoms with Gasteiger partial charge in [-0.15, -0.1) is 0 Å². The Bertz CT molecular complexity index is 350. The molecule has 0 saturated carbocycles. The van der Waals surface area contributed by atoms with E-state index in [9.17, 15) is 14.4 Å². The van der Waals surface area contributed by atoms with Gasteiger partial charge in [-0.25, -0.2) is 0 Å². The zero-order valence-corrected chi connectivity index (χ0v) is 14.0. The van der Waals surface area contributed by atoms with E-state index in [1.165, 1.54) is 0 Å². The lowest BCUT2D eigenvalue weighted by Crippen LogP contribution is -2.71. The first-order valence-corrected chi connectivity index (χ1v) is 7.28. The maximum absolute atomic E-state index is 11.1. The summed E-state index contributed by atoms with van der Waals surface area (Å²) in [6.07, 6.45) is 0.592. The van der Waals surface area contributed by atoms with E-state index < -0.39 is 0 Å². The molecule has 6 heteroatoms. The molecule has 0 atom stereocenters. The minimum absolute atomic E-state index is 0.0749. The Labute approximate surface area is 127 Å². The van der Waals surface area contributed by atoms with Crippen LogP contribution in [0.1, 0.15) is 47.5 Å². The molecule has 1 amide bonds. The topological polar surface area (TPSA) is 75.7 Å². The van der Waals surface area contributed by atoms with Gasteiger partial charge in [0.1, 0.15) is 11.4 Å². The van der Waals surface area contributed by atoms with Gasteiger partial charge in [0.05, 0.1) is 12.0 Å². The van der Waals surface area contributed by atoms with Crippen molar-refractivity contribution in [1.29, 1.82) is 0 Å². The van der Waals surface area contributed by atoms with Crippen molar-refractivity contribution in [2.45, 2.75) is 58.6 Å². The smallest absolute Gasteiger partial charge is 0.293 e. The first-order valence-electron chi connectivity index (χ1n) is 7.28. The summed E-state index contributed by atoms with van der Waals surface area (Å²) in [4.78, 5) is 33.8. The fraction of sp³-hybridized carbons (Fsp3) is 0.800. The molecule has 122 valence electrons. The molecule has 2 heterocycles. The fourth-order valence-corrected chi connectivity index (χ4v) is 2.33. The number of piperidine rings is 1. The van der Waals surface area contributed by atoms with Crippen LogP contribution < -0.4 is 5.32 Å². The highest BCUT2D eigenvalue weighted by molar-refractivity contribution is 6.01. The Morgan fingerprint density at radius 3 is 2.05 bits per heavy atom. The molecule has 0 aromatic heterocycles. The second-order valence-electron chi connectivity index (χ2n) is 6.22. The number of rotatable bonds is 1. The van der Waals surface area contributed by atoms with E-state index in [1.807, 2.05) is 41.7 Å². The molecule has 2 fully saturated rings. The summed E-state index contributed by atoms with van der Waals surface area (Å²) in [7, 11) is 1.98. The second-order valence-corrected chi connectivity index (χ2v) is 6.22. The molecule has 0 aliphatic carbocycles. The van der Waals surface area contributed by atoms with Gasteiger partial charge in [0.15, 0.2) is 0 Å². The summed E-state index contributed by atoms with van der Waals surface area (Å²) >= 11 is 0. The van der Waals surface area contributed by atoms with Gasteiger partial charge in [-0.2, -0.15) is 0 Å². The number of likely N-dealkylation sites (N-methyl/N-ethyl adjacent to an activating group) is 1.